The van der Waals surface area contributed by atoms with Gasteiger partial charge in [-0.05, 0) is 76.6 Å². The van der Waals surface area contributed by atoms with E-state index >= 15 is 0 Å². The molecular formula is C28H30N4O3. The highest BCUT2D eigenvalue weighted by Crippen LogP contribution is 2.38. The largest absolute Gasteiger partial charge is 0.497 e. The Kier molecular flexibility index (Phi) is 6.87. The maximum atomic E-state index is 13.1. The first kappa shape index (κ1) is 24.0. The third-order valence-electron chi connectivity index (χ3n) is 5.95. The van der Waals surface area contributed by atoms with Crippen LogP contribution in [0.3, 0.4) is 0 Å². The second-order valence-corrected chi connectivity index (χ2v) is 9.10. The maximum Gasteiger partial charge on any atom is 0.323 e. The van der Waals surface area contributed by atoms with Gasteiger partial charge >= 0.3 is 6.03 Å². The van der Waals surface area contributed by atoms with Crippen LogP contribution in [0.1, 0.15) is 50.7 Å². The molecule has 4 rings (SSSR count). The lowest BCUT2D eigenvalue weighted by atomic mass is 9.88. The standard InChI is InChI=1S/C28H30N4O3/c1-16(2)22-13-20(18-8-6-10-21(12-18)35-5)14-23(17(3)4)25(22)31-28(34)30-24-15-19-9-7-11-29-26(19)32-27(24)33/h6-17H,1-5H3,(H,29,32,33)(H2,30,31,34). The Balaban J connectivity index is 1.71. The summed E-state index contributed by atoms with van der Waals surface area (Å²) in [7, 11) is 1.65. The van der Waals surface area contributed by atoms with Gasteiger partial charge < -0.3 is 20.4 Å². The van der Waals surface area contributed by atoms with Crippen LogP contribution in [0.4, 0.5) is 16.2 Å². The number of aromatic nitrogens is 2. The van der Waals surface area contributed by atoms with Crippen LogP contribution >= 0.6 is 0 Å². The number of benzene rings is 2. The Morgan fingerprint density at radius 1 is 0.914 bits per heavy atom. The van der Waals surface area contributed by atoms with Gasteiger partial charge in [0.15, 0.2) is 0 Å². The van der Waals surface area contributed by atoms with E-state index < -0.39 is 11.6 Å². The zero-order valence-corrected chi connectivity index (χ0v) is 20.6. The smallest absolute Gasteiger partial charge is 0.323 e. The van der Waals surface area contributed by atoms with Gasteiger partial charge in [0.2, 0.25) is 0 Å². The molecular weight excluding hydrogens is 440 g/mol. The number of hydrogen-bond acceptors (Lipinski definition) is 4. The summed E-state index contributed by atoms with van der Waals surface area (Å²) in [6.07, 6.45) is 1.61. The van der Waals surface area contributed by atoms with Crippen molar-refractivity contribution in [1.29, 1.82) is 0 Å². The molecule has 0 aliphatic heterocycles. The minimum atomic E-state index is -0.475. The molecule has 0 aliphatic rings. The molecule has 0 aliphatic carbocycles. The van der Waals surface area contributed by atoms with Crippen molar-refractivity contribution in [2.75, 3.05) is 17.7 Å². The molecule has 4 aromatic rings. The Morgan fingerprint density at radius 2 is 1.63 bits per heavy atom. The summed E-state index contributed by atoms with van der Waals surface area (Å²) < 4.78 is 5.40. The third kappa shape index (κ3) is 5.19. The number of H-pyrrole nitrogens is 1. The van der Waals surface area contributed by atoms with Crippen LogP contribution in [0.5, 0.6) is 5.75 Å². The molecule has 3 N–H and O–H groups in total. The van der Waals surface area contributed by atoms with E-state index in [-0.39, 0.29) is 17.5 Å². The van der Waals surface area contributed by atoms with Crippen LogP contribution in [0, 0.1) is 0 Å². The van der Waals surface area contributed by atoms with Gasteiger partial charge in [-0.3, -0.25) is 4.79 Å². The third-order valence-corrected chi connectivity index (χ3v) is 5.95. The van der Waals surface area contributed by atoms with Crippen molar-refractivity contribution >= 4 is 28.4 Å². The van der Waals surface area contributed by atoms with Crippen LogP contribution in [0.15, 0.2) is 65.6 Å². The lowest BCUT2D eigenvalue weighted by Crippen LogP contribution is -2.25. The number of aromatic amines is 1. The highest BCUT2D eigenvalue weighted by molar-refractivity contribution is 6.02. The lowest BCUT2D eigenvalue weighted by Gasteiger charge is -2.22. The normalized spacial score (nSPS) is 11.2. The van der Waals surface area contributed by atoms with E-state index in [1.165, 1.54) is 0 Å². The quantitative estimate of drug-likeness (QED) is 0.300. The lowest BCUT2D eigenvalue weighted by molar-refractivity contribution is 0.262. The predicted molar refractivity (Wildman–Crippen MR) is 142 cm³/mol. The summed E-state index contributed by atoms with van der Waals surface area (Å²) in [4.78, 5) is 32.4. The summed E-state index contributed by atoms with van der Waals surface area (Å²) in [5.74, 6) is 1.10. The van der Waals surface area contributed by atoms with E-state index in [1.54, 1.807) is 25.4 Å². The molecule has 2 heterocycles. The number of anilines is 2. The molecule has 0 saturated heterocycles. The number of ether oxygens (including phenoxy) is 1. The zero-order valence-electron chi connectivity index (χ0n) is 20.6. The van der Waals surface area contributed by atoms with Crippen molar-refractivity contribution in [3.05, 3.63) is 82.3 Å². The van der Waals surface area contributed by atoms with Gasteiger partial charge in [-0.15, -0.1) is 0 Å². The number of carbonyl (C=O) groups is 1. The molecule has 2 aromatic carbocycles. The van der Waals surface area contributed by atoms with Crippen molar-refractivity contribution in [2.24, 2.45) is 0 Å². The summed E-state index contributed by atoms with van der Waals surface area (Å²) in [6.45, 7) is 8.38. The first-order valence-corrected chi connectivity index (χ1v) is 11.6. The average Bonchev–Trinajstić information content (AvgIpc) is 2.84. The Hall–Kier alpha value is -4.13. The number of rotatable bonds is 6. The molecule has 0 spiro atoms. The van der Waals surface area contributed by atoms with Crippen LogP contribution in [0.25, 0.3) is 22.2 Å². The van der Waals surface area contributed by atoms with E-state index in [0.717, 1.165) is 39.1 Å². The molecule has 0 radical (unpaired) electrons. The van der Waals surface area contributed by atoms with Crippen LogP contribution in [0.2, 0.25) is 0 Å². The number of fused-ring (bicyclic) bond motifs is 1. The number of urea groups is 1. The van der Waals surface area contributed by atoms with Gasteiger partial charge in [0, 0.05) is 17.3 Å². The van der Waals surface area contributed by atoms with Gasteiger partial charge in [-0.2, -0.15) is 0 Å². The minimum absolute atomic E-state index is 0.156. The number of carbonyl (C=O) groups excluding carboxylic acids is 1. The van der Waals surface area contributed by atoms with E-state index in [4.69, 9.17) is 4.74 Å². The van der Waals surface area contributed by atoms with E-state index in [1.807, 2.05) is 30.3 Å². The zero-order chi connectivity index (χ0) is 25.1. The molecule has 180 valence electrons. The van der Waals surface area contributed by atoms with E-state index in [9.17, 15) is 9.59 Å². The molecule has 7 nitrogen and oxygen atoms in total. The average molecular weight is 471 g/mol. The molecule has 35 heavy (non-hydrogen) atoms. The SMILES string of the molecule is COc1cccc(-c2cc(C(C)C)c(NC(=O)Nc3cc4cccnc4[nH]c3=O)c(C(C)C)c2)c1. The first-order valence-electron chi connectivity index (χ1n) is 11.6. The highest BCUT2D eigenvalue weighted by Gasteiger charge is 2.19. The Bertz CT molecular complexity index is 1410. The number of nitrogens with one attached hydrogen (secondary N) is 3. The van der Waals surface area contributed by atoms with Crippen molar-refractivity contribution in [1.82, 2.24) is 9.97 Å². The van der Waals surface area contributed by atoms with Crippen molar-refractivity contribution < 1.29 is 9.53 Å². The summed E-state index contributed by atoms with van der Waals surface area (Å²) in [6, 6.07) is 16.9. The monoisotopic (exact) mass is 470 g/mol. The minimum Gasteiger partial charge on any atom is -0.497 e. The van der Waals surface area contributed by atoms with Crippen LogP contribution < -0.4 is 20.9 Å². The maximum absolute atomic E-state index is 13.1. The molecule has 2 aromatic heterocycles. The summed E-state index contributed by atoms with van der Waals surface area (Å²) in [5, 5.41) is 6.46. The molecule has 0 bridgehead atoms. The molecule has 0 unspecified atom stereocenters. The van der Waals surface area contributed by atoms with Gasteiger partial charge in [-0.1, -0.05) is 39.8 Å². The van der Waals surface area contributed by atoms with Crippen LogP contribution in [-0.4, -0.2) is 23.1 Å². The van der Waals surface area contributed by atoms with Gasteiger partial charge in [0.1, 0.15) is 17.1 Å². The second-order valence-electron chi connectivity index (χ2n) is 9.10. The first-order chi connectivity index (χ1) is 16.8. The molecule has 0 fully saturated rings. The molecule has 0 atom stereocenters. The number of pyridine rings is 2. The summed E-state index contributed by atoms with van der Waals surface area (Å²) >= 11 is 0. The number of amides is 2. The Labute approximate surface area is 204 Å². The summed E-state index contributed by atoms with van der Waals surface area (Å²) in [5.41, 5.74) is 5.11. The second kappa shape index (κ2) is 10.0. The molecule has 2 amide bonds. The van der Waals surface area contributed by atoms with Crippen molar-refractivity contribution in [3.63, 3.8) is 0 Å². The Morgan fingerprint density at radius 3 is 2.29 bits per heavy atom. The highest BCUT2D eigenvalue weighted by atomic mass is 16.5. The van der Waals surface area contributed by atoms with Gasteiger partial charge in [-0.25, -0.2) is 9.78 Å². The fourth-order valence-corrected chi connectivity index (χ4v) is 4.11. The topological polar surface area (TPSA) is 96.1 Å². The van der Waals surface area contributed by atoms with Crippen molar-refractivity contribution in [3.8, 4) is 16.9 Å². The van der Waals surface area contributed by atoms with Crippen molar-refractivity contribution in [2.45, 2.75) is 39.5 Å². The number of nitrogens with zero attached hydrogens (tertiary/aromatic N) is 1. The number of hydrogen-bond donors (Lipinski definition) is 3. The van der Waals surface area contributed by atoms with Gasteiger partial charge in [0.05, 0.1) is 7.11 Å². The molecule has 7 heteroatoms. The van der Waals surface area contributed by atoms with E-state index in [2.05, 4.69) is 60.4 Å². The van der Waals surface area contributed by atoms with E-state index in [0.29, 0.717) is 5.65 Å². The molecule has 0 saturated carbocycles. The van der Waals surface area contributed by atoms with Gasteiger partial charge in [0.25, 0.3) is 5.56 Å². The predicted octanol–water partition coefficient (Wildman–Crippen LogP) is 6.49. The fraction of sp³-hybridized carbons (Fsp3) is 0.250. The fourth-order valence-electron chi connectivity index (χ4n) is 4.11. The van der Waals surface area contributed by atoms with Crippen LogP contribution in [-0.2, 0) is 0 Å². The number of methoxy groups -OCH3 is 1.